The average Bonchev–Trinajstić information content (AvgIpc) is 3.11. The van der Waals surface area contributed by atoms with E-state index < -0.39 is 0 Å². The third-order valence-electron chi connectivity index (χ3n) is 9.41. The van der Waals surface area contributed by atoms with Gasteiger partial charge in [0.15, 0.2) is 0 Å². The number of hydrogen-bond acceptors (Lipinski definition) is 4. The Morgan fingerprint density at radius 2 is 1.84 bits per heavy atom. The molecule has 0 saturated heterocycles. The van der Waals surface area contributed by atoms with E-state index in [9.17, 15) is 10.0 Å². The molecule has 5 rings (SSSR count). The molecule has 0 bridgehead atoms. The van der Waals surface area contributed by atoms with Crippen LogP contribution >= 0.6 is 0 Å². The Labute approximate surface area is 185 Å². The van der Waals surface area contributed by atoms with Crippen molar-refractivity contribution < 1.29 is 14.7 Å². The van der Waals surface area contributed by atoms with E-state index in [1.54, 1.807) is 0 Å². The van der Waals surface area contributed by atoms with Gasteiger partial charge in [-0.2, -0.15) is 0 Å². The van der Waals surface area contributed by atoms with Gasteiger partial charge in [-0.15, -0.1) is 0 Å². The lowest BCUT2D eigenvalue weighted by Gasteiger charge is -2.57. The van der Waals surface area contributed by atoms with E-state index in [1.165, 1.54) is 12.0 Å². The lowest BCUT2D eigenvalue weighted by Crippen LogP contribution is -2.50. The molecule has 0 heterocycles. The number of esters is 1. The van der Waals surface area contributed by atoms with Gasteiger partial charge in [-0.3, -0.25) is 4.79 Å². The van der Waals surface area contributed by atoms with Gasteiger partial charge in [-0.1, -0.05) is 61.0 Å². The normalized spacial score (nSPS) is 40.5. The molecular weight excluding hydrogens is 386 g/mol. The molecule has 4 heteroatoms. The van der Waals surface area contributed by atoms with E-state index in [4.69, 9.17) is 4.74 Å². The lowest BCUT2D eigenvalue weighted by atomic mass is 9.48. The predicted molar refractivity (Wildman–Crippen MR) is 121 cm³/mol. The summed E-state index contributed by atoms with van der Waals surface area (Å²) in [4.78, 5) is 12.5. The van der Waals surface area contributed by atoms with E-state index in [-0.39, 0.29) is 22.9 Å². The van der Waals surface area contributed by atoms with Gasteiger partial charge in [-0.25, -0.2) is 0 Å². The molecule has 1 N–H and O–H groups in total. The molecule has 6 atom stereocenters. The Kier molecular flexibility index (Phi) is 5.22. The van der Waals surface area contributed by atoms with Gasteiger partial charge >= 0.3 is 5.97 Å². The molecule has 4 aliphatic rings. The highest BCUT2D eigenvalue weighted by Crippen LogP contribution is 2.64. The number of benzene rings is 1. The Hall–Kier alpha value is -2.10. The number of carbonyl (C=O) groups is 1. The van der Waals surface area contributed by atoms with Gasteiger partial charge in [0.2, 0.25) is 0 Å². The monoisotopic (exact) mass is 421 g/mol. The number of fused-ring (bicyclic) bond motifs is 5. The SMILES string of the molecule is C[C@]12CC[C@H](OC(=O)Cc3ccccc3)CC1=CC[C@@H]1[C@@H]2CC[C@]2(C)/C(=N/O)CC[C@@H]12. The lowest BCUT2D eigenvalue weighted by molar-refractivity contribution is -0.150. The summed E-state index contributed by atoms with van der Waals surface area (Å²) in [7, 11) is 0. The highest BCUT2D eigenvalue weighted by molar-refractivity contribution is 5.92. The van der Waals surface area contributed by atoms with Gasteiger partial charge in [0.05, 0.1) is 12.1 Å². The van der Waals surface area contributed by atoms with Gasteiger partial charge in [0.25, 0.3) is 0 Å². The molecule has 4 aliphatic carbocycles. The van der Waals surface area contributed by atoms with Gasteiger partial charge in [0, 0.05) is 11.8 Å². The quantitative estimate of drug-likeness (QED) is 0.285. The minimum Gasteiger partial charge on any atom is -0.462 e. The number of ether oxygens (including phenoxy) is 1. The highest BCUT2D eigenvalue weighted by Gasteiger charge is 2.58. The van der Waals surface area contributed by atoms with Crippen molar-refractivity contribution in [2.45, 2.75) is 77.7 Å². The maximum absolute atomic E-state index is 12.5. The first-order chi connectivity index (χ1) is 14.9. The Morgan fingerprint density at radius 1 is 1.10 bits per heavy atom. The van der Waals surface area contributed by atoms with Crippen LogP contribution < -0.4 is 0 Å². The number of allylic oxidation sites excluding steroid dienone is 1. The summed E-state index contributed by atoms with van der Waals surface area (Å²) >= 11 is 0. The van der Waals surface area contributed by atoms with Crippen molar-refractivity contribution in [1.82, 2.24) is 0 Å². The summed E-state index contributed by atoms with van der Waals surface area (Å²) in [5.41, 5.74) is 3.88. The molecule has 4 nitrogen and oxygen atoms in total. The molecular formula is C27H35NO3. The second-order valence-electron chi connectivity index (χ2n) is 10.8. The minimum absolute atomic E-state index is 0.0144. The number of carbonyl (C=O) groups excluding carboxylic acids is 1. The second-order valence-corrected chi connectivity index (χ2v) is 10.8. The smallest absolute Gasteiger partial charge is 0.310 e. The molecule has 31 heavy (non-hydrogen) atoms. The van der Waals surface area contributed by atoms with E-state index >= 15 is 0 Å². The number of hydrogen-bond donors (Lipinski definition) is 1. The van der Waals surface area contributed by atoms with Gasteiger partial charge < -0.3 is 9.94 Å². The van der Waals surface area contributed by atoms with Crippen LogP contribution in [0.3, 0.4) is 0 Å². The van der Waals surface area contributed by atoms with Crippen molar-refractivity contribution in [3.8, 4) is 0 Å². The fraction of sp³-hybridized carbons (Fsp3) is 0.630. The molecule has 3 saturated carbocycles. The standard InChI is InChI=1S/C27H35NO3/c1-26-14-12-20(31-25(29)16-18-6-4-3-5-7-18)17-19(26)8-9-21-22-10-11-24(28-30)27(22,2)15-13-23(21)26/h3-8,20-23,30H,9-17H2,1-2H3/b28-24+/t20-,21-,22-,23-,26-,27-/m0/s1. The summed E-state index contributed by atoms with van der Waals surface area (Å²) in [5, 5.41) is 13.2. The molecule has 0 radical (unpaired) electrons. The molecule has 0 aliphatic heterocycles. The summed E-state index contributed by atoms with van der Waals surface area (Å²) in [6.07, 6.45) is 11.4. The van der Waals surface area contributed by atoms with Crippen LogP contribution in [0.15, 0.2) is 47.1 Å². The largest absolute Gasteiger partial charge is 0.462 e. The third kappa shape index (κ3) is 3.43. The average molecular weight is 422 g/mol. The van der Waals surface area contributed by atoms with Crippen LogP contribution in [0.1, 0.15) is 70.8 Å². The molecule has 0 aromatic heterocycles. The van der Waals surface area contributed by atoms with Crippen LogP contribution in [0.4, 0.5) is 0 Å². The predicted octanol–water partition coefficient (Wildman–Crippen LogP) is 5.93. The van der Waals surface area contributed by atoms with Crippen LogP contribution in [0.2, 0.25) is 0 Å². The van der Waals surface area contributed by atoms with Crippen LogP contribution in [0.25, 0.3) is 0 Å². The van der Waals surface area contributed by atoms with Crippen LogP contribution in [-0.4, -0.2) is 23.0 Å². The van der Waals surface area contributed by atoms with Crippen LogP contribution in [-0.2, 0) is 16.0 Å². The zero-order valence-corrected chi connectivity index (χ0v) is 18.8. The fourth-order valence-electron chi connectivity index (χ4n) is 7.67. The van der Waals surface area contributed by atoms with Gasteiger partial charge in [-0.05, 0) is 73.7 Å². The molecule has 0 spiro atoms. The minimum atomic E-state index is -0.107. The van der Waals surface area contributed by atoms with Crippen molar-refractivity contribution in [2.75, 3.05) is 0 Å². The summed E-state index contributed by atoms with van der Waals surface area (Å²) in [6.45, 7) is 4.80. The Bertz CT molecular complexity index is 906. The van der Waals surface area contributed by atoms with Gasteiger partial charge in [0.1, 0.15) is 6.10 Å². The van der Waals surface area contributed by atoms with Crippen LogP contribution in [0, 0.1) is 28.6 Å². The van der Waals surface area contributed by atoms with Crippen molar-refractivity contribution >= 4 is 11.7 Å². The first kappa shape index (κ1) is 20.8. The molecule has 3 fully saturated rings. The molecule has 1 aromatic carbocycles. The number of rotatable bonds is 3. The summed E-state index contributed by atoms with van der Waals surface area (Å²) in [5.74, 6) is 1.91. The molecule has 0 unspecified atom stereocenters. The maximum atomic E-state index is 12.5. The maximum Gasteiger partial charge on any atom is 0.310 e. The second kappa shape index (κ2) is 7.79. The Balaban J connectivity index is 1.28. The summed E-state index contributed by atoms with van der Waals surface area (Å²) < 4.78 is 5.92. The molecule has 1 aromatic rings. The Morgan fingerprint density at radius 3 is 2.61 bits per heavy atom. The molecule has 166 valence electrons. The number of nitrogens with zero attached hydrogens (tertiary/aromatic N) is 1. The molecule has 0 amide bonds. The van der Waals surface area contributed by atoms with Crippen LogP contribution in [0.5, 0.6) is 0 Å². The van der Waals surface area contributed by atoms with E-state index in [1.807, 2.05) is 30.3 Å². The van der Waals surface area contributed by atoms with Crippen molar-refractivity contribution in [3.05, 3.63) is 47.5 Å². The number of oxime groups is 1. The van der Waals surface area contributed by atoms with Crippen molar-refractivity contribution in [3.63, 3.8) is 0 Å². The van der Waals surface area contributed by atoms with Crippen molar-refractivity contribution in [1.29, 1.82) is 0 Å². The van der Waals surface area contributed by atoms with E-state index in [0.717, 1.165) is 56.2 Å². The topological polar surface area (TPSA) is 58.9 Å². The first-order valence-corrected chi connectivity index (χ1v) is 12.1. The fourth-order valence-corrected chi connectivity index (χ4v) is 7.67. The summed E-state index contributed by atoms with van der Waals surface area (Å²) in [6, 6.07) is 9.86. The highest BCUT2D eigenvalue weighted by atomic mass is 16.5. The third-order valence-corrected chi connectivity index (χ3v) is 9.41. The zero-order valence-electron chi connectivity index (χ0n) is 18.8. The van der Waals surface area contributed by atoms with E-state index in [0.29, 0.717) is 24.2 Å². The first-order valence-electron chi connectivity index (χ1n) is 12.1. The zero-order chi connectivity index (χ0) is 21.6. The van der Waals surface area contributed by atoms with E-state index in [2.05, 4.69) is 25.1 Å². The van der Waals surface area contributed by atoms with Crippen molar-refractivity contribution in [2.24, 2.45) is 33.7 Å².